The van der Waals surface area contributed by atoms with Gasteiger partial charge in [0.15, 0.2) is 0 Å². The molecule has 0 aliphatic heterocycles. The highest BCUT2D eigenvalue weighted by Crippen LogP contribution is 2.16. The second-order valence-corrected chi connectivity index (χ2v) is 3.55. The van der Waals surface area contributed by atoms with Crippen molar-refractivity contribution in [1.29, 1.82) is 0 Å². The van der Waals surface area contributed by atoms with E-state index in [4.69, 9.17) is 0 Å². The lowest BCUT2D eigenvalue weighted by atomic mass is 10.2. The summed E-state index contributed by atoms with van der Waals surface area (Å²) in [5, 5.41) is 10.7. The first-order chi connectivity index (χ1) is 8.43. The van der Waals surface area contributed by atoms with Crippen molar-refractivity contribution in [2.75, 3.05) is 14.1 Å². The number of rotatable bonds is 2. The monoisotopic (exact) mass is 252 g/mol. The quantitative estimate of drug-likeness (QED) is 0.591. The zero-order valence-corrected chi connectivity index (χ0v) is 9.84. The van der Waals surface area contributed by atoms with Gasteiger partial charge in [-0.05, 0) is 6.07 Å². The van der Waals surface area contributed by atoms with Crippen LogP contribution in [0.3, 0.4) is 0 Å². The van der Waals surface area contributed by atoms with E-state index in [-0.39, 0.29) is 11.3 Å². The summed E-state index contributed by atoms with van der Waals surface area (Å²) in [7, 11) is 2.99. The number of carbonyl (C=O) groups is 2. The van der Waals surface area contributed by atoms with E-state index in [1.807, 2.05) is 0 Å². The molecule has 1 rings (SSSR count). The fourth-order valence-corrected chi connectivity index (χ4v) is 1.11. The van der Waals surface area contributed by atoms with E-state index in [0.717, 1.165) is 0 Å². The number of nitro groups is 1. The third-order valence-electron chi connectivity index (χ3n) is 2.03. The molecule has 0 aliphatic rings. The van der Waals surface area contributed by atoms with E-state index >= 15 is 0 Å². The molecule has 8 nitrogen and oxygen atoms in total. The third kappa shape index (κ3) is 3.17. The number of benzene rings is 1. The first kappa shape index (κ1) is 13.4. The van der Waals surface area contributed by atoms with Gasteiger partial charge in [0.25, 0.3) is 11.6 Å². The lowest BCUT2D eigenvalue weighted by Gasteiger charge is -2.12. The maximum absolute atomic E-state index is 11.6. The Labute approximate surface area is 103 Å². The highest BCUT2D eigenvalue weighted by Gasteiger charge is 2.19. The van der Waals surface area contributed by atoms with Crippen molar-refractivity contribution in [3.8, 4) is 0 Å². The molecule has 3 amide bonds. The van der Waals surface area contributed by atoms with Crippen LogP contribution in [0.5, 0.6) is 0 Å². The minimum atomic E-state index is -0.752. The summed E-state index contributed by atoms with van der Waals surface area (Å²) in [6.07, 6.45) is 0. The zero-order chi connectivity index (χ0) is 13.7. The smallest absolute Gasteiger partial charge is 0.330 e. The Balaban J connectivity index is 2.79. The molecule has 2 N–H and O–H groups in total. The topological polar surface area (TPSA) is 105 Å². The number of urea groups is 1. The number of carbonyl (C=O) groups excluding carboxylic acids is 2. The van der Waals surface area contributed by atoms with Crippen LogP contribution in [0.4, 0.5) is 10.5 Å². The van der Waals surface area contributed by atoms with E-state index in [2.05, 4.69) is 10.9 Å². The number of para-hydroxylation sites is 1. The largest absolute Gasteiger partial charge is 0.335 e. The standard InChI is InChI=1S/C10H12N4O4/c1-13(2)10(16)12-11-9(15)7-5-3-4-6-8(7)14(17)18/h3-6H,1-2H3,(H,11,15)(H,12,16). The lowest BCUT2D eigenvalue weighted by Crippen LogP contribution is -2.46. The minimum absolute atomic E-state index is 0.124. The third-order valence-corrected chi connectivity index (χ3v) is 2.03. The maximum Gasteiger partial charge on any atom is 0.335 e. The SMILES string of the molecule is CN(C)C(=O)NNC(=O)c1ccccc1[N+](=O)[O-]. The molecule has 1 aromatic carbocycles. The van der Waals surface area contributed by atoms with Gasteiger partial charge in [0.05, 0.1) is 4.92 Å². The van der Waals surface area contributed by atoms with Crippen molar-refractivity contribution in [2.24, 2.45) is 0 Å². The van der Waals surface area contributed by atoms with Crippen LogP contribution >= 0.6 is 0 Å². The van der Waals surface area contributed by atoms with Gasteiger partial charge in [-0.2, -0.15) is 0 Å². The molecule has 0 heterocycles. The number of hydrazine groups is 1. The van der Waals surface area contributed by atoms with Crippen LogP contribution in [-0.4, -0.2) is 35.9 Å². The van der Waals surface area contributed by atoms with Gasteiger partial charge in [-0.3, -0.25) is 20.3 Å². The molecule has 0 aliphatic carbocycles. The van der Waals surface area contributed by atoms with Crippen molar-refractivity contribution in [3.63, 3.8) is 0 Å². The fraction of sp³-hybridized carbons (Fsp3) is 0.200. The fourth-order valence-electron chi connectivity index (χ4n) is 1.11. The molecule has 1 aromatic rings. The normalized spacial score (nSPS) is 9.44. The lowest BCUT2D eigenvalue weighted by molar-refractivity contribution is -0.385. The van der Waals surface area contributed by atoms with Gasteiger partial charge in [0.2, 0.25) is 0 Å². The summed E-state index contributed by atoms with van der Waals surface area (Å²) in [5.74, 6) is -0.752. The van der Waals surface area contributed by atoms with Crippen LogP contribution in [0.1, 0.15) is 10.4 Å². The predicted molar refractivity (Wildman–Crippen MR) is 62.8 cm³/mol. The number of nitrogens with zero attached hydrogens (tertiary/aromatic N) is 2. The Kier molecular flexibility index (Phi) is 4.19. The molecule has 8 heteroatoms. The van der Waals surface area contributed by atoms with E-state index < -0.39 is 16.9 Å². The van der Waals surface area contributed by atoms with Crippen LogP contribution in [0.2, 0.25) is 0 Å². The van der Waals surface area contributed by atoms with Crippen molar-refractivity contribution in [2.45, 2.75) is 0 Å². The van der Waals surface area contributed by atoms with E-state index in [9.17, 15) is 19.7 Å². The number of hydrogen-bond acceptors (Lipinski definition) is 4. The number of nitrogens with one attached hydrogen (secondary N) is 2. The molecule has 0 saturated carbocycles. The molecule has 0 spiro atoms. The van der Waals surface area contributed by atoms with Crippen LogP contribution < -0.4 is 10.9 Å². The van der Waals surface area contributed by atoms with Crippen molar-refractivity contribution in [3.05, 3.63) is 39.9 Å². The van der Waals surface area contributed by atoms with E-state index in [1.54, 1.807) is 0 Å². The molecule has 0 fully saturated rings. The van der Waals surface area contributed by atoms with Gasteiger partial charge in [-0.1, -0.05) is 12.1 Å². The highest BCUT2D eigenvalue weighted by molar-refractivity contribution is 5.98. The number of amides is 3. The zero-order valence-electron chi connectivity index (χ0n) is 9.84. The summed E-state index contributed by atoms with van der Waals surface area (Å²) in [4.78, 5) is 34.1. The van der Waals surface area contributed by atoms with Gasteiger partial charge in [-0.25, -0.2) is 10.2 Å². The molecule has 0 radical (unpaired) electrons. The van der Waals surface area contributed by atoms with Gasteiger partial charge in [-0.15, -0.1) is 0 Å². The summed E-state index contributed by atoms with van der Waals surface area (Å²) >= 11 is 0. The molecular weight excluding hydrogens is 240 g/mol. The molecule has 0 unspecified atom stereocenters. The van der Waals surface area contributed by atoms with E-state index in [0.29, 0.717) is 0 Å². The van der Waals surface area contributed by atoms with Gasteiger partial charge >= 0.3 is 6.03 Å². The molecular formula is C10H12N4O4. The Hall–Kier alpha value is -2.64. The number of hydrogen-bond donors (Lipinski definition) is 2. The molecule has 0 aromatic heterocycles. The molecule has 0 saturated heterocycles. The number of nitro benzene ring substituents is 1. The Morgan fingerprint density at radius 3 is 2.39 bits per heavy atom. The maximum atomic E-state index is 11.6. The van der Waals surface area contributed by atoms with Gasteiger partial charge in [0.1, 0.15) is 5.56 Å². The predicted octanol–water partition coefficient (Wildman–Crippen LogP) is 0.511. The summed E-state index contributed by atoms with van der Waals surface area (Å²) in [6, 6.07) is 4.92. The van der Waals surface area contributed by atoms with Crippen LogP contribution in [0, 0.1) is 10.1 Å². The highest BCUT2D eigenvalue weighted by atomic mass is 16.6. The molecule has 18 heavy (non-hydrogen) atoms. The van der Waals surface area contributed by atoms with Crippen molar-refractivity contribution >= 4 is 17.6 Å². The van der Waals surface area contributed by atoms with Crippen LogP contribution in [0.25, 0.3) is 0 Å². The van der Waals surface area contributed by atoms with Gasteiger partial charge < -0.3 is 4.90 Å². The summed E-state index contributed by atoms with van der Waals surface area (Å²) < 4.78 is 0. The Bertz CT molecular complexity index is 487. The van der Waals surface area contributed by atoms with E-state index in [1.165, 1.54) is 43.3 Å². The molecule has 96 valence electrons. The first-order valence-corrected chi connectivity index (χ1v) is 4.94. The Morgan fingerprint density at radius 2 is 1.83 bits per heavy atom. The van der Waals surface area contributed by atoms with Crippen LogP contribution in [-0.2, 0) is 0 Å². The molecule has 0 atom stereocenters. The van der Waals surface area contributed by atoms with Crippen molar-refractivity contribution in [1.82, 2.24) is 15.8 Å². The van der Waals surface area contributed by atoms with Crippen molar-refractivity contribution < 1.29 is 14.5 Å². The molecule has 0 bridgehead atoms. The first-order valence-electron chi connectivity index (χ1n) is 4.94. The Morgan fingerprint density at radius 1 is 1.22 bits per heavy atom. The summed E-state index contributed by atoms with van der Waals surface area (Å²) in [5.41, 5.74) is 3.75. The second-order valence-electron chi connectivity index (χ2n) is 3.55. The van der Waals surface area contributed by atoms with Gasteiger partial charge in [0, 0.05) is 20.2 Å². The average molecular weight is 252 g/mol. The average Bonchev–Trinajstić information content (AvgIpc) is 2.35. The summed E-state index contributed by atoms with van der Waals surface area (Å²) in [6.45, 7) is 0. The minimum Gasteiger partial charge on any atom is -0.330 e. The second kappa shape index (κ2) is 5.62. The van der Waals surface area contributed by atoms with Crippen LogP contribution in [0.15, 0.2) is 24.3 Å².